The van der Waals surface area contributed by atoms with Crippen molar-refractivity contribution in [2.24, 2.45) is 0 Å². The van der Waals surface area contributed by atoms with Gasteiger partial charge in [-0.2, -0.15) is 5.10 Å². The fraction of sp³-hybridized carbons (Fsp3) is 0.105. The zero-order chi connectivity index (χ0) is 18.8. The summed E-state index contributed by atoms with van der Waals surface area (Å²) in [6.45, 7) is 3.28. The molecule has 3 rings (SSSR count). The predicted molar refractivity (Wildman–Crippen MR) is 95.3 cm³/mol. The summed E-state index contributed by atoms with van der Waals surface area (Å²) in [7, 11) is 0. The summed E-state index contributed by atoms with van der Waals surface area (Å²) in [4.78, 5) is 24.7. The predicted octanol–water partition coefficient (Wildman–Crippen LogP) is 2.95. The summed E-state index contributed by atoms with van der Waals surface area (Å²) in [5, 5.41) is 16.1. The number of phenolic OH excluding ortho intramolecular Hbond substituents is 1. The van der Waals surface area contributed by atoms with Gasteiger partial charge >= 0.3 is 0 Å². The third kappa shape index (κ3) is 3.32. The number of halogens is 1. The van der Waals surface area contributed by atoms with E-state index in [1.165, 1.54) is 41.1 Å². The maximum atomic E-state index is 14.1. The Kier molecular flexibility index (Phi) is 4.53. The van der Waals surface area contributed by atoms with Crippen molar-refractivity contribution < 1.29 is 14.3 Å². The van der Waals surface area contributed by atoms with Crippen molar-refractivity contribution in [3.63, 3.8) is 0 Å². The number of anilines is 1. The van der Waals surface area contributed by atoms with Gasteiger partial charge in [0.05, 0.1) is 0 Å². The minimum absolute atomic E-state index is 0.0957. The normalized spacial score (nSPS) is 10.6. The number of rotatable bonds is 3. The van der Waals surface area contributed by atoms with Gasteiger partial charge < -0.3 is 10.4 Å². The zero-order valence-corrected chi connectivity index (χ0v) is 14.2. The summed E-state index contributed by atoms with van der Waals surface area (Å²) in [5.74, 6) is -1.14. The van der Waals surface area contributed by atoms with Gasteiger partial charge in [0, 0.05) is 17.4 Å². The molecule has 0 saturated carbocycles. The Labute approximate surface area is 148 Å². The fourth-order valence-electron chi connectivity index (χ4n) is 2.50. The molecule has 0 aliphatic heterocycles. The van der Waals surface area contributed by atoms with Gasteiger partial charge in [-0.05, 0) is 49.7 Å². The quantitative estimate of drug-likeness (QED) is 0.709. The Balaban J connectivity index is 2.01. The smallest absolute Gasteiger partial charge is 0.280 e. The summed E-state index contributed by atoms with van der Waals surface area (Å²) in [6.07, 6.45) is 0. The number of aromatic hydroxyl groups is 1. The Morgan fingerprint density at radius 3 is 2.58 bits per heavy atom. The minimum atomic E-state index is -0.717. The van der Waals surface area contributed by atoms with Gasteiger partial charge in [0.25, 0.3) is 5.91 Å². The third-order valence-corrected chi connectivity index (χ3v) is 3.86. The van der Waals surface area contributed by atoms with Crippen LogP contribution in [0.2, 0.25) is 0 Å². The SMILES string of the molecule is Cc1cc(NC(=O)c2nn(-c3ccccc3F)c(C)cc2=O)ccc1O. The average molecular weight is 353 g/mol. The van der Waals surface area contributed by atoms with Crippen molar-refractivity contribution in [3.8, 4) is 11.4 Å². The van der Waals surface area contributed by atoms with Crippen LogP contribution >= 0.6 is 0 Å². The molecule has 1 amide bonds. The summed E-state index contributed by atoms with van der Waals surface area (Å²) in [5.41, 5.74) is 0.595. The topological polar surface area (TPSA) is 84.2 Å². The van der Waals surface area contributed by atoms with Crippen LogP contribution in [-0.2, 0) is 0 Å². The number of nitrogens with zero attached hydrogens (tertiary/aromatic N) is 2. The molecule has 132 valence electrons. The van der Waals surface area contributed by atoms with E-state index in [2.05, 4.69) is 10.4 Å². The molecule has 6 nitrogen and oxygen atoms in total. The van der Waals surface area contributed by atoms with E-state index < -0.39 is 17.2 Å². The van der Waals surface area contributed by atoms with Crippen molar-refractivity contribution in [2.45, 2.75) is 13.8 Å². The fourth-order valence-corrected chi connectivity index (χ4v) is 2.50. The molecule has 0 bridgehead atoms. The first kappa shape index (κ1) is 17.3. The van der Waals surface area contributed by atoms with Crippen LogP contribution in [0.5, 0.6) is 5.75 Å². The summed E-state index contributed by atoms with van der Waals surface area (Å²) in [6, 6.07) is 11.7. The molecule has 0 fully saturated rings. The molecule has 0 saturated heterocycles. The zero-order valence-electron chi connectivity index (χ0n) is 14.2. The molecule has 0 aliphatic carbocycles. The second-order valence-electron chi connectivity index (χ2n) is 5.82. The Hall–Kier alpha value is -3.48. The van der Waals surface area contributed by atoms with E-state index in [9.17, 15) is 19.1 Å². The van der Waals surface area contributed by atoms with E-state index in [1.54, 1.807) is 26.0 Å². The highest BCUT2D eigenvalue weighted by molar-refractivity contribution is 6.02. The van der Waals surface area contributed by atoms with Crippen LogP contribution in [0, 0.1) is 19.7 Å². The van der Waals surface area contributed by atoms with Crippen molar-refractivity contribution >= 4 is 11.6 Å². The number of para-hydroxylation sites is 1. The van der Waals surface area contributed by atoms with Gasteiger partial charge in [-0.25, -0.2) is 9.07 Å². The average Bonchev–Trinajstić information content (AvgIpc) is 2.59. The number of amides is 1. The van der Waals surface area contributed by atoms with Crippen LogP contribution in [0.4, 0.5) is 10.1 Å². The highest BCUT2D eigenvalue weighted by Crippen LogP contribution is 2.20. The second kappa shape index (κ2) is 6.79. The number of carbonyl (C=O) groups is 1. The van der Waals surface area contributed by atoms with Crippen LogP contribution in [-0.4, -0.2) is 20.8 Å². The van der Waals surface area contributed by atoms with Gasteiger partial charge in [0.15, 0.2) is 5.69 Å². The lowest BCUT2D eigenvalue weighted by molar-refractivity contribution is 0.101. The molecule has 0 radical (unpaired) electrons. The lowest BCUT2D eigenvalue weighted by Crippen LogP contribution is -2.27. The van der Waals surface area contributed by atoms with Crippen LogP contribution in [0.15, 0.2) is 53.3 Å². The van der Waals surface area contributed by atoms with Crippen LogP contribution in [0.1, 0.15) is 21.7 Å². The highest BCUT2D eigenvalue weighted by Gasteiger charge is 2.17. The first-order chi connectivity index (χ1) is 12.4. The van der Waals surface area contributed by atoms with E-state index in [4.69, 9.17) is 0 Å². The molecule has 2 N–H and O–H groups in total. The van der Waals surface area contributed by atoms with Crippen molar-refractivity contribution in [2.75, 3.05) is 5.32 Å². The van der Waals surface area contributed by atoms with E-state index in [1.807, 2.05) is 0 Å². The van der Waals surface area contributed by atoms with Gasteiger partial charge in [-0.1, -0.05) is 12.1 Å². The van der Waals surface area contributed by atoms with E-state index >= 15 is 0 Å². The van der Waals surface area contributed by atoms with E-state index in [-0.39, 0.29) is 17.1 Å². The van der Waals surface area contributed by atoms with Gasteiger partial charge in [-0.15, -0.1) is 0 Å². The first-order valence-electron chi connectivity index (χ1n) is 7.83. The number of nitrogens with one attached hydrogen (secondary N) is 1. The molecule has 0 atom stereocenters. The van der Waals surface area contributed by atoms with Gasteiger partial charge in [0.1, 0.15) is 17.3 Å². The third-order valence-electron chi connectivity index (χ3n) is 3.86. The number of hydrogen-bond acceptors (Lipinski definition) is 4. The van der Waals surface area contributed by atoms with Crippen LogP contribution in [0.3, 0.4) is 0 Å². The number of hydrogen-bond donors (Lipinski definition) is 2. The molecule has 0 unspecified atom stereocenters. The molecule has 0 aliphatic rings. The standard InChI is InChI=1S/C19H16FN3O3/c1-11-9-13(7-8-16(11)24)21-19(26)18-17(25)10-12(2)23(22-18)15-6-4-3-5-14(15)20/h3-10,24H,1-2H3,(H,21,26). The van der Waals surface area contributed by atoms with Gasteiger partial charge in [-0.3, -0.25) is 9.59 Å². The maximum absolute atomic E-state index is 14.1. The van der Waals surface area contributed by atoms with E-state index in [0.717, 1.165) is 0 Å². The molecular weight excluding hydrogens is 337 g/mol. The Morgan fingerprint density at radius 1 is 1.15 bits per heavy atom. The van der Waals surface area contributed by atoms with Gasteiger partial charge in [0.2, 0.25) is 5.43 Å². The number of aryl methyl sites for hydroxylation is 2. The Bertz CT molecular complexity index is 1060. The molecule has 1 aromatic heterocycles. The molecular formula is C19H16FN3O3. The molecule has 1 heterocycles. The van der Waals surface area contributed by atoms with Crippen LogP contribution in [0.25, 0.3) is 5.69 Å². The number of benzene rings is 2. The molecule has 3 aromatic rings. The lowest BCUT2D eigenvalue weighted by atomic mass is 10.2. The van der Waals surface area contributed by atoms with Crippen LogP contribution < -0.4 is 10.7 Å². The summed E-state index contributed by atoms with van der Waals surface area (Å²) >= 11 is 0. The summed E-state index contributed by atoms with van der Waals surface area (Å²) < 4.78 is 15.3. The monoisotopic (exact) mass is 353 g/mol. The lowest BCUT2D eigenvalue weighted by Gasteiger charge is -2.12. The van der Waals surface area contributed by atoms with Crippen molar-refractivity contribution in [1.82, 2.24) is 9.78 Å². The number of carbonyl (C=O) groups excluding carboxylic acids is 1. The number of aromatic nitrogens is 2. The largest absolute Gasteiger partial charge is 0.508 e. The highest BCUT2D eigenvalue weighted by atomic mass is 19.1. The van der Waals surface area contributed by atoms with E-state index in [0.29, 0.717) is 16.9 Å². The molecule has 2 aromatic carbocycles. The Morgan fingerprint density at radius 2 is 1.88 bits per heavy atom. The second-order valence-corrected chi connectivity index (χ2v) is 5.82. The first-order valence-corrected chi connectivity index (χ1v) is 7.83. The molecule has 26 heavy (non-hydrogen) atoms. The molecule has 7 heteroatoms. The maximum Gasteiger partial charge on any atom is 0.280 e. The molecule has 0 spiro atoms. The van der Waals surface area contributed by atoms with Crippen molar-refractivity contribution in [3.05, 3.63) is 81.5 Å². The van der Waals surface area contributed by atoms with Crippen molar-refractivity contribution in [1.29, 1.82) is 0 Å². The number of phenols is 1. The minimum Gasteiger partial charge on any atom is -0.508 e.